The molecule has 0 fully saturated rings. The molecule has 0 saturated carbocycles. The summed E-state index contributed by atoms with van der Waals surface area (Å²) in [4.78, 5) is 53.6. The van der Waals surface area contributed by atoms with Gasteiger partial charge < -0.3 is 31.8 Å². The maximum Gasteiger partial charge on any atom is 0.327 e. The number of H-pyrrole nitrogens is 1. The maximum absolute atomic E-state index is 13.3. The van der Waals surface area contributed by atoms with Crippen molar-refractivity contribution in [2.75, 3.05) is 17.8 Å². The molecule has 0 radical (unpaired) electrons. The van der Waals surface area contributed by atoms with E-state index in [-0.39, 0.29) is 18.1 Å². The first kappa shape index (κ1) is 29.5. The van der Waals surface area contributed by atoms with E-state index in [0.29, 0.717) is 12.2 Å². The number of benzene rings is 1. The van der Waals surface area contributed by atoms with Crippen molar-refractivity contribution >= 4 is 59.0 Å². The van der Waals surface area contributed by atoms with Gasteiger partial charge in [-0.2, -0.15) is 24.4 Å². The molecule has 0 saturated heterocycles. The topological polar surface area (TPSA) is 166 Å². The minimum atomic E-state index is -1.23. The molecule has 1 heterocycles. The molecule has 12 heteroatoms. The summed E-state index contributed by atoms with van der Waals surface area (Å²) in [5.74, 6) is -2.55. The van der Waals surface area contributed by atoms with Crippen molar-refractivity contribution < 1.29 is 24.3 Å². The third kappa shape index (κ3) is 8.17. The van der Waals surface area contributed by atoms with Gasteiger partial charge in [0.05, 0.1) is 6.04 Å². The Morgan fingerprint density at radius 3 is 2.25 bits per heavy atom. The molecule has 2 aromatic rings. The van der Waals surface area contributed by atoms with Crippen molar-refractivity contribution in [1.29, 1.82) is 0 Å². The largest absolute Gasteiger partial charge is 0.480 e. The number of nitrogens with two attached hydrogens (primary N) is 1. The SMILES string of the molecule is CSCCC(NC(=O)C(N)C(C)C)C(=O)NC(Cc1c[nH]c2ccccc12)C(=O)NC(CS)C(=O)O. The van der Waals surface area contributed by atoms with E-state index in [0.717, 1.165) is 16.5 Å². The summed E-state index contributed by atoms with van der Waals surface area (Å²) < 4.78 is 0. The van der Waals surface area contributed by atoms with Crippen LogP contribution in [0, 0.1) is 5.92 Å². The molecule has 1 aromatic heterocycles. The molecule has 4 unspecified atom stereocenters. The van der Waals surface area contributed by atoms with E-state index in [4.69, 9.17) is 5.73 Å². The van der Waals surface area contributed by atoms with Crippen molar-refractivity contribution in [3.63, 3.8) is 0 Å². The lowest BCUT2D eigenvalue weighted by Gasteiger charge is -2.25. The quantitative estimate of drug-likeness (QED) is 0.176. The zero-order chi connectivity index (χ0) is 26.8. The van der Waals surface area contributed by atoms with Crippen LogP contribution in [-0.2, 0) is 25.6 Å². The van der Waals surface area contributed by atoms with Crippen molar-refractivity contribution in [3.8, 4) is 0 Å². The molecule has 3 amide bonds. The number of aliphatic carboxylic acids is 1. The summed E-state index contributed by atoms with van der Waals surface area (Å²) in [5.41, 5.74) is 7.59. The molecule has 0 aliphatic heterocycles. The molecular weight excluding hydrogens is 502 g/mol. The van der Waals surface area contributed by atoms with E-state index in [1.54, 1.807) is 6.20 Å². The Hall–Kier alpha value is -2.70. The molecule has 0 bridgehead atoms. The average molecular weight is 538 g/mol. The standard InChI is InChI=1S/C24H35N5O5S2/c1-13(2)20(25)23(32)27-17(8-9-36-3)21(30)28-18(22(31)29-19(12-35)24(33)34)10-14-11-26-16-7-5-4-6-15(14)16/h4-7,11,13,17-20,26,35H,8-10,12,25H2,1-3H3,(H,27,32)(H,28,30)(H,29,31)(H,33,34). The van der Waals surface area contributed by atoms with Gasteiger partial charge in [-0.15, -0.1) is 0 Å². The number of carboxylic acids is 1. The lowest BCUT2D eigenvalue weighted by Crippen LogP contribution is -2.58. The number of rotatable bonds is 14. The van der Waals surface area contributed by atoms with Crippen molar-refractivity contribution in [1.82, 2.24) is 20.9 Å². The molecule has 36 heavy (non-hydrogen) atoms. The fourth-order valence-corrected chi connectivity index (χ4v) is 4.25. The number of aromatic amines is 1. The lowest BCUT2D eigenvalue weighted by molar-refractivity contribution is -0.141. The highest BCUT2D eigenvalue weighted by Gasteiger charge is 2.31. The Bertz CT molecular complexity index is 1060. The number of aromatic nitrogens is 1. The molecule has 4 atom stereocenters. The van der Waals surface area contributed by atoms with Gasteiger partial charge in [0.1, 0.15) is 18.1 Å². The summed E-state index contributed by atoms with van der Waals surface area (Å²) in [5, 5.41) is 18.1. The summed E-state index contributed by atoms with van der Waals surface area (Å²) in [6.07, 6.45) is 4.07. The van der Waals surface area contributed by atoms with Gasteiger partial charge in [0.25, 0.3) is 0 Å². The lowest BCUT2D eigenvalue weighted by atomic mass is 10.0. The second-order valence-electron chi connectivity index (χ2n) is 8.82. The van der Waals surface area contributed by atoms with Gasteiger partial charge >= 0.3 is 5.97 Å². The zero-order valence-corrected chi connectivity index (χ0v) is 22.3. The number of hydrogen-bond donors (Lipinski definition) is 7. The van der Waals surface area contributed by atoms with Crippen LogP contribution in [0.15, 0.2) is 30.5 Å². The number of amides is 3. The predicted octanol–water partition coefficient (Wildman–Crippen LogP) is 0.916. The van der Waals surface area contributed by atoms with Crippen LogP contribution in [0.4, 0.5) is 0 Å². The van der Waals surface area contributed by atoms with Crippen LogP contribution < -0.4 is 21.7 Å². The first-order valence-corrected chi connectivity index (χ1v) is 13.7. The molecule has 0 aliphatic carbocycles. The van der Waals surface area contributed by atoms with Crippen molar-refractivity contribution in [3.05, 3.63) is 36.0 Å². The highest BCUT2D eigenvalue weighted by Crippen LogP contribution is 2.19. The van der Waals surface area contributed by atoms with E-state index >= 15 is 0 Å². The summed E-state index contributed by atoms with van der Waals surface area (Å²) in [6, 6.07) is 3.51. The Labute approximate surface area is 220 Å². The van der Waals surface area contributed by atoms with E-state index in [2.05, 4.69) is 33.6 Å². The highest BCUT2D eigenvalue weighted by atomic mass is 32.2. The number of carbonyl (C=O) groups is 4. The first-order valence-electron chi connectivity index (χ1n) is 11.6. The second kappa shape index (κ2) is 14.1. The number of para-hydroxylation sites is 1. The van der Waals surface area contributed by atoms with Gasteiger partial charge in [0.15, 0.2) is 0 Å². The molecule has 0 aliphatic rings. The van der Waals surface area contributed by atoms with Gasteiger partial charge in [0.2, 0.25) is 17.7 Å². The average Bonchev–Trinajstić information content (AvgIpc) is 3.26. The summed E-state index contributed by atoms with van der Waals surface area (Å²) in [6.45, 7) is 3.62. The van der Waals surface area contributed by atoms with Gasteiger partial charge in [0, 0.05) is 29.3 Å². The number of thiol groups is 1. The van der Waals surface area contributed by atoms with Gasteiger partial charge in [-0.05, 0) is 36.0 Å². The first-order chi connectivity index (χ1) is 17.1. The highest BCUT2D eigenvalue weighted by molar-refractivity contribution is 7.98. The maximum atomic E-state index is 13.3. The smallest absolute Gasteiger partial charge is 0.327 e. The number of hydrogen-bond acceptors (Lipinski definition) is 7. The van der Waals surface area contributed by atoms with Crippen LogP contribution in [0.5, 0.6) is 0 Å². The normalized spacial score (nSPS) is 14.6. The van der Waals surface area contributed by atoms with E-state index in [1.807, 2.05) is 44.4 Å². The number of nitrogens with one attached hydrogen (secondary N) is 4. The van der Waals surface area contributed by atoms with Crippen LogP contribution in [0.1, 0.15) is 25.8 Å². The Kier molecular flexibility index (Phi) is 11.6. The number of fused-ring (bicyclic) bond motifs is 1. The van der Waals surface area contributed by atoms with Crippen LogP contribution >= 0.6 is 24.4 Å². The van der Waals surface area contributed by atoms with E-state index in [1.165, 1.54) is 11.8 Å². The fraction of sp³-hybridized carbons (Fsp3) is 0.500. The number of carbonyl (C=O) groups excluding carboxylic acids is 3. The van der Waals surface area contributed by atoms with Crippen molar-refractivity contribution in [2.45, 2.75) is 50.9 Å². The predicted molar refractivity (Wildman–Crippen MR) is 145 cm³/mol. The molecule has 10 nitrogen and oxygen atoms in total. The minimum Gasteiger partial charge on any atom is -0.480 e. The van der Waals surface area contributed by atoms with Gasteiger partial charge in [-0.3, -0.25) is 14.4 Å². The van der Waals surface area contributed by atoms with Gasteiger partial charge in [-0.1, -0.05) is 32.0 Å². The minimum absolute atomic E-state index is 0.106. The molecule has 0 spiro atoms. The second-order valence-corrected chi connectivity index (χ2v) is 10.2. The molecule has 2 rings (SSSR count). The Balaban J connectivity index is 2.29. The molecule has 1 aromatic carbocycles. The number of carboxylic acid groups (broad SMARTS) is 1. The van der Waals surface area contributed by atoms with Crippen LogP contribution in [0.3, 0.4) is 0 Å². The van der Waals surface area contributed by atoms with Crippen LogP contribution in [-0.4, -0.2) is 75.7 Å². The molecular formula is C24H35N5O5S2. The fourth-order valence-electron chi connectivity index (χ4n) is 3.53. The van der Waals surface area contributed by atoms with E-state index in [9.17, 15) is 24.3 Å². The zero-order valence-electron chi connectivity index (χ0n) is 20.6. The van der Waals surface area contributed by atoms with Crippen LogP contribution in [0.25, 0.3) is 10.9 Å². The van der Waals surface area contributed by atoms with E-state index < -0.39 is 47.9 Å². The number of thioether (sulfide) groups is 1. The third-order valence-electron chi connectivity index (χ3n) is 5.79. The Morgan fingerprint density at radius 1 is 1.03 bits per heavy atom. The Morgan fingerprint density at radius 2 is 1.64 bits per heavy atom. The van der Waals surface area contributed by atoms with Crippen LogP contribution in [0.2, 0.25) is 0 Å². The van der Waals surface area contributed by atoms with Crippen molar-refractivity contribution in [2.24, 2.45) is 11.7 Å². The monoisotopic (exact) mass is 537 g/mol. The summed E-state index contributed by atoms with van der Waals surface area (Å²) in [7, 11) is 0. The third-order valence-corrected chi connectivity index (χ3v) is 6.80. The van der Waals surface area contributed by atoms with Gasteiger partial charge in [-0.25, -0.2) is 4.79 Å². The molecule has 7 N–H and O–H groups in total. The summed E-state index contributed by atoms with van der Waals surface area (Å²) >= 11 is 5.51. The molecule has 198 valence electrons.